The van der Waals surface area contributed by atoms with Crippen LogP contribution in [0.2, 0.25) is 0 Å². The van der Waals surface area contributed by atoms with Crippen LogP contribution in [0.1, 0.15) is 11.1 Å². The van der Waals surface area contributed by atoms with E-state index in [-0.39, 0.29) is 0 Å². The van der Waals surface area contributed by atoms with Gasteiger partial charge in [0.2, 0.25) is 10.0 Å². The van der Waals surface area contributed by atoms with E-state index in [1.807, 2.05) is 0 Å². The highest BCUT2D eigenvalue weighted by molar-refractivity contribution is 7.89. The standard InChI is InChI=1S/C10H15NO3S/c1-7-5-9(14-4)6-8(2)10(7)15(12,13)11-3/h5-6,11H,1-4H3. The maximum absolute atomic E-state index is 11.7. The Bertz CT molecular complexity index is 443. The fourth-order valence-corrected chi connectivity index (χ4v) is 2.72. The van der Waals surface area contributed by atoms with Crippen LogP contribution in [0.5, 0.6) is 5.75 Å². The van der Waals surface area contributed by atoms with E-state index in [1.165, 1.54) is 7.05 Å². The molecule has 0 radical (unpaired) electrons. The summed E-state index contributed by atoms with van der Waals surface area (Å²) in [6.45, 7) is 3.50. The third kappa shape index (κ3) is 2.30. The number of hydrogen-bond acceptors (Lipinski definition) is 3. The Morgan fingerprint density at radius 2 is 1.67 bits per heavy atom. The summed E-state index contributed by atoms with van der Waals surface area (Å²) in [5.41, 5.74) is 1.36. The number of methoxy groups -OCH3 is 1. The summed E-state index contributed by atoms with van der Waals surface area (Å²) < 4.78 is 30.8. The summed E-state index contributed by atoms with van der Waals surface area (Å²) in [5, 5.41) is 0. The van der Waals surface area contributed by atoms with Gasteiger partial charge in [0.05, 0.1) is 12.0 Å². The first-order valence-corrected chi connectivity index (χ1v) is 5.99. The molecule has 0 spiro atoms. The number of sulfonamides is 1. The zero-order valence-corrected chi connectivity index (χ0v) is 10.1. The third-order valence-electron chi connectivity index (χ3n) is 2.21. The fourth-order valence-electron chi connectivity index (χ4n) is 1.55. The molecule has 1 aromatic rings. The first-order valence-electron chi connectivity index (χ1n) is 4.51. The van der Waals surface area contributed by atoms with E-state index in [2.05, 4.69) is 4.72 Å². The first-order chi connectivity index (χ1) is 6.92. The van der Waals surface area contributed by atoms with Gasteiger partial charge in [0.25, 0.3) is 0 Å². The molecule has 15 heavy (non-hydrogen) atoms. The van der Waals surface area contributed by atoms with E-state index in [0.717, 1.165) is 0 Å². The van der Waals surface area contributed by atoms with E-state index in [9.17, 15) is 8.42 Å². The lowest BCUT2D eigenvalue weighted by Crippen LogP contribution is -2.20. The van der Waals surface area contributed by atoms with Crippen LogP contribution < -0.4 is 9.46 Å². The molecular formula is C10H15NO3S. The maximum Gasteiger partial charge on any atom is 0.240 e. The molecule has 0 saturated carbocycles. The molecule has 0 aliphatic rings. The quantitative estimate of drug-likeness (QED) is 0.848. The van der Waals surface area contributed by atoms with Crippen LogP contribution in [0.15, 0.2) is 17.0 Å². The number of benzene rings is 1. The van der Waals surface area contributed by atoms with Gasteiger partial charge in [0.1, 0.15) is 5.75 Å². The molecule has 0 atom stereocenters. The summed E-state index contributed by atoms with van der Waals surface area (Å²) in [6.07, 6.45) is 0. The Hall–Kier alpha value is -1.07. The van der Waals surface area contributed by atoms with Crippen LogP contribution in [0.3, 0.4) is 0 Å². The number of ether oxygens (including phenoxy) is 1. The van der Waals surface area contributed by atoms with Gasteiger partial charge < -0.3 is 4.74 Å². The number of hydrogen-bond donors (Lipinski definition) is 1. The molecular weight excluding hydrogens is 214 g/mol. The molecule has 0 saturated heterocycles. The Labute approximate surface area is 90.3 Å². The van der Waals surface area contributed by atoms with E-state index in [1.54, 1.807) is 33.1 Å². The fraction of sp³-hybridized carbons (Fsp3) is 0.400. The molecule has 84 valence electrons. The van der Waals surface area contributed by atoms with E-state index in [4.69, 9.17) is 4.74 Å². The minimum Gasteiger partial charge on any atom is -0.497 e. The molecule has 1 N–H and O–H groups in total. The van der Waals surface area contributed by atoms with Gasteiger partial charge in [-0.3, -0.25) is 0 Å². The minimum absolute atomic E-state index is 0.325. The molecule has 4 nitrogen and oxygen atoms in total. The highest BCUT2D eigenvalue weighted by Crippen LogP contribution is 2.25. The van der Waals surface area contributed by atoms with Gasteiger partial charge in [-0.15, -0.1) is 0 Å². The molecule has 0 aliphatic heterocycles. The van der Waals surface area contributed by atoms with Gasteiger partial charge in [0.15, 0.2) is 0 Å². The van der Waals surface area contributed by atoms with Crippen molar-refractivity contribution in [2.24, 2.45) is 0 Å². The Kier molecular flexibility index (Phi) is 3.36. The largest absolute Gasteiger partial charge is 0.497 e. The van der Waals surface area contributed by atoms with Gasteiger partial charge in [-0.2, -0.15) is 0 Å². The Balaban J connectivity index is 3.45. The molecule has 1 rings (SSSR count). The molecule has 0 fully saturated rings. The SMILES string of the molecule is CNS(=O)(=O)c1c(C)cc(OC)cc1C. The Morgan fingerprint density at radius 1 is 1.20 bits per heavy atom. The molecule has 5 heteroatoms. The lowest BCUT2D eigenvalue weighted by Gasteiger charge is -2.11. The predicted molar refractivity (Wildman–Crippen MR) is 58.7 cm³/mol. The molecule has 0 unspecified atom stereocenters. The van der Waals surface area contributed by atoms with Crippen molar-refractivity contribution >= 4 is 10.0 Å². The van der Waals surface area contributed by atoms with Crippen LogP contribution in [-0.2, 0) is 10.0 Å². The molecule has 1 aromatic carbocycles. The van der Waals surface area contributed by atoms with E-state index >= 15 is 0 Å². The van der Waals surface area contributed by atoms with Crippen molar-refractivity contribution < 1.29 is 13.2 Å². The number of aryl methyl sites for hydroxylation is 2. The predicted octanol–water partition coefficient (Wildman–Crippen LogP) is 1.22. The van der Waals surface area contributed by atoms with Crippen molar-refractivity contribution in [3.05, 3.63) is 23.3 Å². The number of rotatable bonds is 3. The van der Waals surface area contributed by atoms with Crippen molar-refractivity contribution in [2.45, 2.75) is 18.7 Å². The molecule has 0 aromatic heterocycles. The van der Waals surface area contributed by atoms with Crippen LogP contribution >= 0.6 is 0 Å². The average Bonchev–Trinajstić information content (AvgIpc) is 2.16. The van der Waals surface area contributed by atoms with E-state index < -0.39 is 10.0 Å². The van der Waals surface area contributed by atoms with Crippen molar-refractivity contribution in [2.75, 3.05) is 14.2 Å². The molecule has 0 aliphatic carbocycles. The average molecular weight is 229 g/mol. The van der Waals surface area contributed by atoms with Crippen LogP contribution in [0, 0.1) is 13.8 Å². The number of nitrogens with one attached hydrogen (secondary N) is 1. The summed E-state index contributed by atoms with van der Waals surface area (Å²) >= 11 is 0. The lowest BCUT2D eigenvalue weighted by atomic mass is 10.1. The maximum atomic E-state index is 11.7. The van der Waals surface area contributed by atoms with Crippen molar-refractivity contribution in [1.29, 1.82) is 0 Å². The van der Waals surface area contributed by atoms with Crippen molar-refractivity contribution in [3.63, 3.8) is 0 Å². The summed E-state index contributed by atoms with van der Waals surface area (Å²) in [7, 11) is -0.433. The monoisotopic (exact) mass is 229 g/mol. The summed E-state index contributed by atoms with van der Waals surface area (Å²) in [4.78, 5) is 0.325. The van der Waals surface area contributed by atoms with Gasteiger partial charge >= 0.3 is 0 Å². The molecule has 0 bridgehead atoms. The highest BCUT2D eigenvalue weighted by atomic mass is 32.2. The van der Waals surface area contributed by atoms with Crippen LogP contribution in [0.25, 0.3) is 0 Å². The molecule has 0 amide bonds. The van der Waals surface area contributed by atoms with Gasteiger partial charge in [-0.05, 0) is 44.2 Å². The van der Waals surface area contributed by atoms with Gasteiger partial charge in [-0.25, -0.2) is 13.1 Å². The Morgan fingerprint density at radius 3 is 2.00 bits per heavy atom. The first kappa shape index (κ1) is 12.0. The van der Waals surface area contributed by atoms with Crippen molar-refractivity contribution in [3.8, 4) is 5.75 Å². The lowest BCUT2D eigenvalue weighted by molar-refractivity contribution is 0.413. The second-order valence-corrected chi connectivity index (χ2v) is 5.12. The smallest absolute Gasteiger partial charge is 0.240 e. The third-order valence-corrected chi connectivity index (χ3v) is 3.93. The van der Waals surface area contributed by atoms with Crippen molar-refractivity contribution in [1.82, 2.24) is 4.72 Å². The molecule has 0 heterocycles. The summed E-state index contributed by atoms with van der Waals surface area (Å²) in [5.74, 6) is 0.667. The highest BCUT2D eigenvalue weighted by Gasteiger charge is 2.18. The second-order valence-electron chi connectivity index (χ2n) is 3.30. The van der Waals surface area contributed by atoms with Crippen LogP contribution in [-0.4, -0.2) is 22.6 Å². The van der Waals surface area contributed by atoms with Gasteiger partial charge in [-0.1, -0.05) is 0 Å². The summed E-state index contributed by atoms with van der Waals surface area (Å²) in [6, 6.07) is 3.41. The normalized spacial score (nSPS) is 11.5. The minimum atomic E-state index is -3.39. The zero-order chi connectivity index (χ0) is 11.6. The van der Waals surface area contributed by atoms with Crippen LogP contribution in [0.4, 0.5) is 0 Å². The topological polar surface area (TPSA) is 55.4 Å². The second kappa shape index (κ2) is 4.20. The van der Waals surface area contributed by atoms with E-state index in [0.29, 0.717) is 21.8 Å². The zero-order valence-electron chi connectivity index (χ0n) is 9.29. The van der Waals surface area contributed by atoms with Gasteiger partial charge in [0, 0.05) is 0 Å².